The molecule has 0 aliphatic rings. The van der Waals surface area contributed by atoms with Crippen molar-refractivity contribution in [2.75, 3.05) is 7.05 Å². The zero-order valence-electron chi connectivity index (χ0n) is 9.65. The van der Waals surface area contributed by atoms with Crippen LogP contribution in [0, 0.1) is 0 Å². The molecular weight excluding hydrogens is 273 g/mol. The first-order chi connectivity index (χ1) is 8.58. The van der Waals surface area contributed by atoms with E-state index in [-0.39, 0.29) is 5.91 Å². The third kappa shape index (κ3) is 2.83. The summed E-state index contributed by atoms with van der Waals surface area (Å²) in [6.07, 6.45) is 3.36. The molecule has 2 rings (SSSR count). The van der Waals surface area contributed by atoms with Gasteiger partial charge in [-0.2, -0.15) is 0 Å². The highest BCUT2D eigenvalue weighted by atomic mass is 35.5. The van der Waals surface area contributed by atoms with E-state index in [1.165, 1.54) is 0 Å². The van der Waals surface area contributed by atoms with Crippen LogP contribution in [0.2, 0.25) is 10.0 Å². The first kappa shape index (κ1) is 12.9. The Labute approximate surface area is 115 Å². The minimum Gasteiger partial charge on any atom is -0.347 e. The monoisotopic (exact) mass is 283 g/mol. The van der Waals surface area contributed by atoms with Crippen LogP contribution < -0.4 is 0 Å². The van der Waals surface area contributed by atoms with E-state index in [0.717, 1.165) is 5.82 Å². The van der Waals surface area contributed by atoms with Crippen LogP contribution in [0.1, 0.15) is 16.2 Å². The average Bonchev–Trinajstić information content (AvgIpc) is 2.84. The highest BCUT2D eigenvalue weighted by Gasteiger charge is 2.14. The van der Waals surface area contributed by atoms with Gasteiger partial charge >= 0.3 is 0 Å². The minimum atomic E-state index is -0.134. The zero-order valence-corrected chi connectivity index (χ0v) is 11.2. The molecule has 0 fully saturated rings. The fourth-order valence-electron chi connectivity index (χ4n) is 1.53. The maximum absolute atomic E-state index is 12.1. The number of nitrogens with zero attached hydrogens (tertiary/aromatic N) is 2. The van der Waals surface area contributed by atoms with Crippen molar-refractivity contribution in [3.8, 4) is 0 Å². The summed E-state index contributed by atoms with van der Waals surface area (Å²) in [4.78, 5) is 20.7. The second kappa shape index (κ2) is 5.42. The molecule has 0 bridgehead atoms. The van der Waals surface area contributed by atoms with Crippen molar-refractivity contribution >= 4 is 29.1 Å². The number of benzene rings is 1. The molecule has 94 valence electrons. The summed E-state index contributed by atoms with van der Waals surface area (Å²) in [5.41, 5.74) is 0.499. The van der Waals surface area contributed by atoms with Crippen LogP contribution in [0.3, 0.4) is 0 Å². The number of imidazole rings is 1. The molecule has 0 saturated heterocycles. The van der Waals surface area contributed by atoms with Crippen molar-refractivity contribution < 1.29 is 4.79 Å². The van der Waals surface area contributed by atoms with Crippen LogP contribution in [0.15, 0.2) is 30.6 Å². The number of carbonyl (C=O) groups excluding carboxylic acids is 1. The molecule has 1 aromatic heterocycles. The number of hydrogen-bond acceptors (Lipinski definition) is 2. The second-order valence-electron chi connectivity index (χ2n) is 3.83. The Balaban J connectivity index is 2.12. The predicted molar refractivity (Wildman–Crippen MR) is 70.8 cm³/mol. The molecule has 0 aliphatic heterocycles. The van der Waals surface area contributed by atoms with Gasteiger partial charge in [0.1, 0.15) is 5.82 Å². The largest absolute Gasteiger partial charge is 0.347 e. The lowest BCUT2D eigenvalue weighted by Crippen LogP contribution is -2.26. The zero-order chi connectivity index (χ0) is 13.1. The molecule has 1 heterocycles. The highest BCUT2D eigenvalue weighted by molar-refractivity contribution is 6.42. The molecule has 0 aliphatic carbocycles. The molecule has 0 spiro atoms. The Morgan fingerprint density at radius 3 is 2.78 bits per heavy atom. The van der Waals surface area contributed by atoms with E-state index in [2.05, 4.69) is 9.97 Å². The molecule has 1 aromatic carbocycles. The lowest BCUT2D eigenvalue weighted by atomic mass is 10.2. The second-order valence-corrected chi connectivity index (χ2v) is 4.64. The van der Waals surface area contributed by atoms with Gasteiger partial charge in [-0.15, -0.1) is 0 Å². The van der Waals surface area contributed by atoms with Gasteiger partial charge in [0.25, 0.3) is 5.91 Å². The van der Waals surface area contributed by atoms with Gasteiger partial charge in [0, 0.05) is 25.0 Å². The summed E-state index contributed by atoms with van der Waals surface area (Å²) in [7, 11) is 1.70. The van der Waals surface area contributed by atoms with Crippen LogP contribution in [-0.2, 0) is 6.54 Å². The van der Waals surface area contributed by atoms with Crippen LogP contribution in [0.5, 0.6) is 0 Å². The Bertz CT molecular complexity index is 554. The van der Waals surface area contributed by atoms with E-state index in [1.807, 2.05) is 0 Å². The molecule has 2 aromatic rings. The van der Waals surface area contributed by atoms with Crippen molar-refractivity contribution in [1.29, 1.82) is 0 Å². The van der Waals surface area contributed by atoms with Crippen molar-refractivity contribution in [2.24, 2.45) is 0 Å². The van der Waals surface area contributed by atoms with E-state index >= 15 is 0 Å². The summed E-state index contributed by atoms with van der Waals surface area (Å²) in [5.74, 6) is 0.593. The summed E-state index contributed by atoms with van der Waals surface area (Å²) in [6.45, 7) is 0.409. The Hall–Kier alpha value is -1.52. The van der Waals surface area contributed by atoms with Gasteiger partial charge in [-0.3, -0.25) is 4.79 Å². The first-order valence-corrected chi connectivity index (χ1v) is 6.02. The predicted octanol–water partition coefficient (Wildman–Crippen LogP) is 2.99. The normalized spacial score (nSPS) is 10.4. The van der Waals surface area contributed by atoms with Gasteiger partial charge in [-0.25, -0.2) is 4.98 Å². The van der Waals surface area contributed by atoms with E-state index in [1.54, 1.807) is 42.5 Å². The van der Waals surface area contributed by atoms with Crippen LogP contribution >= 0.6 is 23.2 Å². The van der Waals surface area contributed by atoms with Crippen molar-refractivity contribution in [2.45, 2.75) is 6.54 Å². The molecule has 0 unspecified atom stereocenters. The number of rotatable bonds is 3. The quantitative estimate of drug-likeness (QED) is 0.942. The fraction of sp³-hybridized carbons (Fsp3) is 0.167. The van der Waals surface area contributed by atoms with Crippen molar-refractivity contribution in [3.63, 3.8) is 0 Å². The maximum atomic E-state index is 12.1. The lowest BCUT2D eigenvalue weighted by Gasteiger charge is -2.16. The fourth-order valence-corrected chi connectivity index (χ4v) is 1.83. The molecular formula is C12H11Cl2N3O. The number of hydrogen-bond donors (Lipinski definition) is 1. The van der Waals surface area contributed by atoms with E-state index in [4.69, 9.17) is 23.2 Å². The average molecular weight is 284 g/mol. The lowest BCUT2D eigenvalue weighted by molar-refractivity contribution is 0.0782. The highest BCUT2D eigenvalue weighted by Crippen LogP contribution is 2.23. The van der Waals surface area contributed by atoms with Crippen LogP contribution in [0.4, 0.5) is 0 Å². The summed E-state index contributed by atoms with van der Waals surface area (Å²) in [6, 6.07) is 4.82. The Morgan fingerprint density at radius 1 is 1.39 bits per heavy atom. The van der Waals surface area contributed by atoms with E-state index in [9.17, 15) is 4.79 Å². The van der Waals surface area contributed by atoms with Crippen molar-refractivity contribution in [3.05, 3.63) is 52.0 Å². The molecule has 6 heteroatoms. The standard InChI is InChI=1S/C12H11Cl2N3O/c1-17(7-11-15-4-5-16-11)12(18)8-2-3-9(13)10(14)6-8/h2-6H,7H2,1H3,(H,15,16). The minimum absolute atomic E-state index is 0.134. The Morgan fingerprint density at radius 2 is 2.17 bits per heavy atom. The molecule has 1 amide bonds. The number of amides is 1. The molecule has 4 nitrogen and oxygen atoms in total. The smallest absolute Gasteiger partial charge is 0.254 e. The Kier molecular flexibility index (Phi) is 3.89. The summed E-state index contributed by atoms with van der Waals surface area (Å²) < 4.78 is 0. The van der Waals surface area contributed by atoms with E-state index < -0.39 is 0 Å². The number of carbonyl (C=O) groups is 1. The number of aromatic amines is 1. The van der Waals surface area contributed by atoms with Gasteiger partial charge in [0.05, 0.1) is 16.6 Å². The SMILES string of the molecule is CN(Cc1ncc[nH]1)C(=O)c1ccc(Cl)c(Cl)c1. The molecule has 0 atom stereocenters. The van der Waals surface area contributed by atoms with E-state index in [0.29, 0.717) is 22.2 Å². The number of H-pyrrole nitrogens is 1. The third-order valence-electron chi connectivity index (χ3n) is 2.46. The van der Waals surface area contributed by atoms with Crippen molar-refractivity contribution in [1.82, 2.24) is 14.9 Å². The first-order valence-electron chi connectivity index (χ1n) is 5.26. The number of halogens is 2. The summed E-state index contributed by atoms with van der Waals surface area (Å²) in [5, 5.41) is 0.802. The van der Waals surface area contributed by atoms with Gasteiger partial charge in [0.2, 0.25) is 0 Å². The number of nitrogens with one attached hydrogen (secondary N) is 1. The van der Waals surface area contributed by atoms with Gasteiger partial charge in [-0.05, 0) is 18.2 Å². The molecule has 1 N–H and O–H groups in total. The van der Waals surface area contributed by atoms with Gasteiger partial charge in [0.15, 0.2) is 0 Å². The topological polar surface area (TPSA) is 49.0 Å². The number of aromatic nitrogens is 2. The molecule has 0 radical (unpaired) electrons. The summed E-state index contributed by atoms with van der Waals surface area (Å²) >= 11 is 11.7. The molecule has 0 saturated carbocycles. The van der Waals surface area contributed by atoms with Crippen LogP contribution in [-0.4, -0.2) is 27.8 Å². The van der Waals surface area contributed by atoms with Gasteiger partial charge in [-0.1, -0.05) is 23.2 Å². The third-order valence-corrected chi connectivity index (χ3v) is 3.19. The van der Waals surface area contributed by atoms with Crippen LogP contribution in [0.25, 0.3) is 0 Å². The maximum Gasteiger partial charge on any atom is 0.254 e. The molecule has 18 heavy (non-hydrogen) atoms. The van der Waals surface area contributed by atoms with Gasteiger partial charge < -0.3 is 9.88 Å².